The summed E-state index contributed by atoms with van der Waals surface area (Å²) in [6.07, 6.45) is 3.21. The monoisotopic (exact) mass is 363 g/mol. The summed E-state index contributed by atoms with van der Waals surface area (Å²) in [5.41, 5.74) is 1.12. The van der Waals surface area contributed by atoms with Crippen LogP contribution in [-0.4, -0.2) is 75.2 Å². The number of hydrogen-bond donors (Lipinski definition) is 2. The lowest BCUT2D eigenvalue weighted by atomic mass is 10.1. The first kappa shape index (κ1) is 20.6. The van der Waals surface area contributed by atoms with Crippen LogP contribution in [0.2, 0.25) is 0 Å². The molecular weight excluding hydrogens is 329 g/mol. The lowest BCUT2D eigenvalue weighted by molar-refractivity contribution is 0.136. The number of nitrogens with one attached hydrogen (secondary N) is 2. The molecule has 1 fully saturated rings. The molecule has 1 aliphatic rings. The van der Waals surface area contributed by atoms with Crippen molar-refractivity contribution in [2.75, 3.05) is 59.4 Å². The fourth-order valence-electron chi connectivity index (χ4n) is 3.19. The SMILES string of the molecule is CCN1CCN(CCCCNC(=NC)NCCc2ccc(F)cc2)CC1. The van der Waals surface area contributed by atoms with Crippen molar-refractivity contribution in [1.29, 1.82) is 0 Å². The third-order valence-corrected chi connectivity index (χ3v) is 4.95. The number of piperazine rings is 1. The zero-order valence-electron chi connectivity index (χ0n) is 16.3. The van der Waals surface area contributed by atoms with Gasteiger partial charge in [-0.2, -0.15) is 0 Å². The molecule has 0 atom stereocenters. The Labute approximate surface area is 157 Å². The van der Waals surface area contributed by atoms with Gasteiger partial charge in [0.25, 0.3) is 0 Å². The largest absolute Gasteiger partial charge is 0.356 e. The van der Waals surface area contributed by atoms with E-state index >= 15 is 0 Å². The second-order valence-electron chi connectivity index (χ2n) is 6.79. The third-order valence-electron chi connectivity index (χ3n) is 4.95. The molecule has 1 saturated heterocycles. The van der Waals surface area contributed by atoms with Gasteiger partial charge in [-0.05, 0) is 50.0 Å². The Bertz CT molecular complexity index is 524. The molecule has 0 amide bonds. The van der Waals surface area contributed by atoms with Gasteiger partial charge in [0, 0.05) is 46.3 Å². The smallest absolute Gasteiger partial charge is 0.190 e. The van der Waals surface area contributed by atoms with Crippen molar-refractivity contribution < 1.29 is 4.39 Å². The van der Waals surface area contributed by atoms with Crippen molar-refractivity contribution in [3.8, 4) is 0 Å². The van der Waals surface area contributed by atoms with Crippen LogP contribution in [0.5, 0.6) is 0 Å². The summed E-state index contributed by atoms with van der Waals surface area (Å²) in [6.45, 7) is 11.1. The number of halogens is 1. The number of likely N-dealkylation sites (N-methyl/N-ethyl adjacent to an activating group) is 1. The maximum absolute atomic E-state index is 12.9. The Balaban J connectivity index is 1.51. The fourth-order valence-corrected chi connectivity index (χ4v) is 3.19. The summed E-state index contributed by atoms with van der Waals surface area (Å²) in [4.78, 5) is 9.34. The Morgan fingerprint density at radius 3 is 2.31 bits per heavy atom. The zero-order chi connectivity index (χ0) is 18.6. The molecule has 0 unspecified atom stereocenters. The Hall–Kier alpha value is -1.66. The molecule has 2 rings (SSSR count). The minimum atomic E-state index is -0.188. The quantitative estimate of drug-likeness (QED) is 0.400. The third kappa shape index (κ3) is 7.70. The summed E-state index contributed by atoms with van der Waals surface area (Å²) in [5, 5.41) is 6.68. The molecular formula is C20H34FN5. The topological polar surface area (TPSA) is 42.9 Å². The average Bonchev–Trinajstić information content (AvgIpc) is 2.68. The van der Waals surface area contributed by atoms with E-state index in [1.807, 2.05) is 12.1 Å². The number of nitrogens with zero attached hydrogens (tertiary/aromatic N) is 3. The van der Waals surface area contributed by atoms with E-state index in [0.717, 1.165) is 37.5 Å². The van der Waals surface area contributed by atoms with Crippen LogP contribution in [0, 0.1) is 5.82 Å². The van der Waals surface area contributed by atoms with Crippen LogP contribution in [0.1, 0.15) is 25.3 Å². The molecule has 5 nitrogen and oxygen atoms in total. The summed E-state index contributed by atoms with van der Waals surface area (Å²) in [6, 6.07) is 6.66. The molecule has 26 heavy (non-hydrogen) atoms. The molecule has 6 heteroatoms. The fraction of sp³-hybridized carbons (Fsp3) is 0.650. The Morgan fingerprint density at radius 1 is 1.00 bits per heavy atom. The van der Waals surface area contributed by atoms with E-state index in [1.54, 1.807) is 7.05 Å². The van der Waals surface area contributed by atoms with Crippen molar-refractivity contribution in [1.82, 2.24) is 20.4 Å². The molecule has 0 spiro atoms. The summed E-state index contributed by atoms with van der Waals surface area (Å²) >= 11 is 0. The number of guanidine groups is 1. The average molecular weight is 364 g/mol. The van der Waals surface area contributed by atoms with Crippen LogP contribution >= 0.6 is 0 Å². The predicted molar refractivity (Wildman–Crippen MR) is 107 cm³/mol. The van der Waals surface area contributed by atoms with Gasteiger partial charge in [0.05, 0.1) is 0 Å². The van der Waals surface area contributed by atoms with E-state index < -0.39 is 0 Å². The van der Waals surface area contributed by atoms with Gasteiger partial charge in [-0.25, -0.2) is 4.39 Å². The second-order valence-corrected chi connectivity index (χ2v) is 6.79. The highest BCUT2D eigenvalue weighted by Crippen LogP contribution is 2.03. The van der Waals surface area contributed by atoms with Gasteiger partial charge in [0.2, 0.25) is 0 Å². The molecule has 1 heterocycles. The van der Waals surface area contributed by atoms with Gasteiger partial charge in [-0.3, -0.25) is 4.99 Å². The van der Waals surface area contributed by atoms with Crippen LogP contribution in [0.3, 0.4) is 0 Å². The highest BCUT2D eigenvalue weighted by Gasteiger charge is 2.14. The first-order valence-corrected chi connectivity index (χ1v) is 9.85. The first-order valence-electron chi connectivity index (χ1n) is 9.85. The van der Waals surface area contributed by atoms with Crippen LogP contribution < -0.4 is 10.6 Å². The number of rotatable bonds is 9. The van der Waals surface area contributed by atoms with E-state index in [4.69, 9.17) is 0 Å². The highest BCUT2D eigenvalue weighted by molar-refractivity contribution is 5.79. The lowest BCUT2D eigenvalue weighted by Gasteiger charge is -2.34. The number of unbranched alkanes of at least 4 members (excludes halogenated alkanes) is 1. The van der Waals surface area contributed by atoms with Gasteiger partial charge >= 0.3 is 0 Å². The number of benzene rings is 1. The standard InChI is InChI=1S/C20H34FN5/c1-3-25-14-16-26(17-15-25)13-5-4-11-23-20(22-2)24-12-10-18-6-8-19(21)9-7-18/h6-9H,3-5,10-17H2,1-2H3,(H2,22,23,24). The van der Waals surface area contributed by atoms with E-state index in [1.165, 1.54) is 57.8 Å². The number of hydrogen-bond acceptors (Lipinski definition) is 3. The van der Waals surface area contributed by atoms with Crippen LogP contribution in [0.25, 0.3) is 0 Å². The van der Waals surface area contributed by atoms with Crippen molar-refractivity contribution in [3.63, 3.8) is 0 Å². The molecule has 0 saturated carbocycles. The minimum Gasteiger partial charge on any atom is -0.356 e. The minimum absolute atomic E-state index is 0.188. The van der Waals surface area contributed by atoms with Crippen molar-refractivity contribution >= 4 is 5.96 Å². The van der Waals surface area contributed by atoms with Crippen molar-refractivity contribution in [2.45, 2.75) is 26.2 Å². The molecule has 0 radical (unpaired) electrons. The van der Waals surface area contributed by atoms with Gasteiger partial charge in [0.1, 0.15) is 5.82 Å². The summed E-state index contributed by atoms with van der Waals surface area (Å²) in [7, 11) is 1.79. The maximum atomic E-state index is 12.9. The van der Waals surface area contributed by atoms with E-state index in [2.05, 4.69) is 32.3 Å². The van der Waals surface area contributed by atoms with Crippen LogP contribution in [0.4, 0.5) is 4.39 Å². The number of aliphatic imine (C=N–C) groups is 1. The van der Waals surface area contributed by atoms with Gasteiger partial charge in [0.15, 0.2) is 5.96 Å². The molecule has 146 valence electrons. The molecule has 1 aromatic rings. The second kappa shape index (κ2) is 11.9. The molecule has 2 N–H and O–H groups in total. The Morgan fingerprint density at radius 2 is 1.65 bits per heavy atom. The van der Waals surface area contributed by atoms with Crippen LogP contribution in [0.15, 0.2) is 29.3 Å². The molecule has 1 aliphatic heterocycles. The molecule has 0 bridgehead atoms. The molecule has 0 aromatic heterocycles. The highest BCUT2D eigenvalue weighted by atomic mass is 19.1. The maximum Gasteiger partial charge on any atom is 0.190 e. The van der Waals surface area contributed by atoms with E-state index in [-0.39, 0.29) is 5.82 Å². The van der Waals surface area contributed by atoms with E-state index in [0.29, 0.717) is 0 Å². The first-order chi connectivity index (χ1) is 12.7. The predicted octanol–water partition coefficient (Wildman–Crippen LogP) is 1.95. The summed E-state index contributed by atoms with van der Waals surface area (Å²) in [5.74, 6) is 0.648. The van der Waals surface area contributed by atoms with Gasteiger partial charge in [-0.15, -0.1) is 0 Å². The van der Waals surface area contributed by atoms with Crippen molar-refractivity contribution in [2.24, 2.45) is 4.99 Å². The van der Waals surface area contributed by atoms with Crippen LogP contribution in [-0.2, 0) is 6.42 Å². The normalized spacial score (nSPS) is 16.7. The Kier molecular flexibility index (Phi) is 9.42. The molecule has 0 aliphatic carbocycles. The zero-order valence-corrected chi connectivity index (χ0v) is 16.3. The van der Waals surface area contributed by atoms with Gasteiger partial charge < -0.3 is 20.4 Å². The summed E-state index contributed by atoms with van der Waals surface area (Å²) < 4.78 is 12.9. The lowest BCUT2D eigenvalue weighted by Crippen LogP contribution is -2.46. The van der Waals surface area contributed by atoms with E-state index in [9.17, 15) is 4.39 Å². The van der Waals surface area contributed by atoms with Gasteiger partial charge in [-0.1, -0.05) is 19.1 Å². The molecule has 1 aromatic carbocycles. The van der Waals surface area contributed by atoms with Crippen molar-refractivity contribution in [3.05, 3.63) is 35.6 Å².